The summed E-state index contributed by atoms with van der Waals surface area (Å²) >= 11 is 0. The van der Waals surface area contributed by atoms with Crippen LogP contribution >= 0.6 is 0 Å². The van der Waals surface area contributed by atoms with Crippen LogP contribution in [0.5, 0.6) is 0 Å². The van der Waals surface area contributed by atoms with Gasteiger partial charge >= 0.3 is 0 Å². The van der Waals surface area contributed by atoms with Gasteiger partial charge in [0.25, 0.3) is 0 Å². The maximum Gasteiger partial charge on any atom is 0.0564 e. The highest BCUT2D eigenvalue weighted by Gasteiger charge is 2.65. The number of hydrogen-bond acceptors (Lipinski definition) is 1. The summed E-state index contributed by atoms with van der Waals surface area (Å²) in [6, 6.07) is 36.6. The number of hydrogen-bond donors (Lipinski definition) is 1. The number of nitrogens with one attached hydrogen (secondary N) is 1. The van der Waals surface area contributed by atoms with Crippen LogP contribution in [0.4, 0.5) is 0 Å². The molecular formula is C41H35N. The highest BCUT2D eigenvalue weighted by molar-refractivity contribution is 5.87. The average Bonchev–Trinajstić information content (AvgIpc) is 3.55. The van der Waals surface area contributed by atoms with Gasteiger partial charge in [0.05, 0.1) is 5.41 Å². The Labute approximate surface area is 249 Å². The van der Waals surface area contributed by atoms with E-state index in [2.05, 4.69) is 154 Å². The standard InChI is InChI=1S/C41H35N/c1-39(2)30-18-8-6-16-28(30)37-34(39)22-12-23-35(37)42-36-24-13-25-40(3)38(36)29-17-7-11-21-33(29)41(40)31-19-9-4-14-26(31)27-15-5-10-20-32(27)41/h4-21,23-25,34,38,42H,22H2,1-3H3. The van der Waals surface area contributed by atoms with Crippen LogP contribution in [0, 0.1) is 11.3 Å². The van der Waals surface area contributed by atoms with Gasteiger partial charge < -0.3 is 5.32 Å². The molecule has 1 nitrogen and oxygen atoms in total. The lowest BCUT2D eigenvalue weighted by atomic mass is 9.55. The molecule has 5 aliphatic rings. The van der Waals surface area contributed by atoms with Gasteiger partial charge in [-0.15, -0.1) is 0 Å². The predicted molar refractivity (Wildman–Crippen MR) is 173 cm³/mol. The zero-order valence-corrected chi connectivity index (χ0v) is 24.5. The summed E-state index contributed by atoms with van der Waals surface area (Å²) in [6.07, 6.45) is 13.0. The van der Waals surface area contributed by atoms with E-state index in [1.54, 1.807) is 0 Å². The summed E-state index contributed by atoms with van der Waals surface area (Å²) in [4.78, 5) is 0. The first kappa shape index (κ1) is 24.3. The van der Waals surface area contributed by atoms with Gasteiger partial charge in [-0.05, 0) is 80.0 Å². The van der Waals surface area contributed by atoms with Crippen molar-refractivity contribution in [2.45, 2.75) is 43.9 Å². The van der Waals surface area contributed by atoms with E-state index in [1.165, 1.54) is 61.5 Å². The minimum absolute atomic E-state index is 0.111. The van der Waals surface area contributed by atoms with Crippen molar-refractivity contribution in [1.82, 2.24) is 5.32 Å². The number of benzene rings is 4. The molecule has 1 spiro atoms. The van der Waals surface area contributed by atoms with Gasteiger partial charge in [0.1, 0.15) is 0 Å². The third-order valence-electron chi connectivity index (χ3n) is 11.4. The van der Waals surface area contributed by atoms with Crippen molar-refractivity contribution >= 4 is 5.57 Å². The molecule has 0 amide bonds. The van der Waals surface area contributed by atoms with Crippen LogP contribution in [0.15, 0.2) is 139 Å². The van der Waals surface area contributed by atoms with Crippen LogP contribution in [0.3, 0.4) is 0 Å². The Morgan fingerprint density at radius 3 is 1.98 bits per heavy atom. The molecule has 9 rings (SSSR count). The Bertz CT molecular complexity index is 1900. The molecule has 1 N–H and O–H groups in total. The molecule has 0 radical (unpaired) electrons. The topological polar surface area (TPSA) is 12.0 Å². The molecule has 4 aromatic rings. The van der Waals surface area contributed by atoms with E-state index in [1.807, 2.05) is 0 Å². The molecule has 204 valence electrons. The SMILES string of the molecule is CC1(C)c2ccccc2C2=C(NC3=CC=CC4(C)C3c3ccccc3C43c4ccccc4-c4ccccc43)C=CCC21. The fourth-order valence-corrected chi connectivity index (χ4v) is 9.74. The number of rotatable bonds is 2. The predicted octanol–water partition coefficient (Wildman–Crippen LogP) is 9.43. The van der Waals surface area contributed by atoms with Crippen LogP contribution in [-0.4, -0.2) is 0 Å². The Balaban J connectivity index is 1.26. The molecule has 5 aliphatic carbocycles. The van der Waals surface area contributed by atoms with E-state index >= 15 is 0 Å². The lowest BCUT2D eigenvalue weighted by Crippen LogP contribution is -2.44. The Morgan fingerprint density at radius 1 is 0.667 bits per heavy atom. The fraction of sp³-hybridized carbons (Fsp3) is 0.220. The quantitative estimate of drug-likeness (QED) is 0.266. The van der Waals surface area contributed by atoms with Crippen molar-refractivity contribution in [3.05, 3.63) is 172 Å². The van der Waals surface area contributed by atoms with Crippen molar-refractivity contribution in [2.75, 3.05) is 0 Å². The third-order valence-corrected chi connectivity index (χ3v) is 11.4. The molecule has 3 unspecified atom stereocenters. The van der Waals surface area contributed by atoms with E-state index in [9.17, 15) is 0 Å². The zero-order valence-electron chi connectivity index (χ0n) is 24.5. The van der Waals surface area contributed by atoms with Crippen molar-refractivity contribution in [3.63, 3.8) is 0 Å². The van der Waals surface area contributed by atoms with Gasteiger partial charge in [-0.25, -0.2) is 0 Å². The van der Waals surface area contributed by atoms with Gasteiger partial charge in [0.2, 0.25) is 0 Å². The first-order valence-electron chi connectivity index (χ1n) is 15.4. The molecule has 3 atom stereocenters. The largest absolute Gasteiger partial charge is 0.358 e. The van der Waals surface area contributed by atoms with Gasteiger partial charge in [-0.2, -0.15) is 0 Å². The monoisotopic (exact) mass is 541 g/mol. The van der Waals surface area contributed by atoms with Crippen LogP contribution in [0.25, 0.3) is 16.7 Å². The van der Waals surface area contributed by atoms with E-state index in [0.717, 1.165) is 6.42 Å². The lowest BCUT2D eigenvalue weighted by Gasteiger charge is -2.46. The zero-order chi connectivity index (χ0) is 28.3. The second kappa shape index (κ2) is 8.13. The molecule has 0 bridgehead atoms. The second-order valence-corrected chi connectivity index (χ2v) is 13.5. The molecule has 0 saturated heterocycles. The molecular weight excluding hydrogens is 506 g/mol. The minimum Gasteiger partial charge on any atom is -0.358 e. The smallest absolute Gasteiger partial charge is 0.0564 e. The van der Waals surface area contributed by atoms with Crippen LogP contribution in [0.2, 0.25) is 0 Å². The molecule has 0 saturated carbocycles. The summed E-state index contributed by atoms with van der Waals surface area (Å²) in [7, 11) is 0. The maximum atomic E-state index is 4.10. The van der Waals surface area contributed by atoms with Crippen molar-refractivity contribution in [2.24, 2.45) is 11.3 Å². The average molecular weight is 542 g/mol. The third kappa shape index (κ3) is 2.71. The highest BCUT2D eigenvalue weighted by atomic mass is 14.9. The van der Waals surface area contributed by atoms with Crippen LogP contribution < -0.4 is 5.32 Å². The molecule has 1 heteroatoms. The molecule has 0 fully saturated rings. The first-order valence-corrected chi connectivity index (χ1v) is 15.4. The Kier molecular flexibility index (Phi) is 4.70. The summed E-state index contributed by atoms with van der Waals surface area (Å²) in [5.41, 5.74) is 15.1. The van der Waals surface area contributed by atoms with Crippen molar-refractivity contribution in [1.29, 1.82) is 0 Å². The molecule has 0 aromatic heterocycles. The fourth-order valence-electron chi connectivity index (χ4n) is 9.74. The van der Waals surface area contributed by atoms with E-state index in [-0.39, 0.29) is 22.2 Å². The Morgan fingerprint density at radius 2 is 1.26 bits per heavy atom. The van der Waals surface area contributed by atoms with Gasteiger partial charge in [-0.1, -0.05) is 136 Å². The minimum atomic E-state index is -0.260. The van der Waals surface area contributed by atoms with Crippen molar-refractivity contribution < 1.29 is 0 Å². The Hall–Kier alpha value is -4.36. The van der Waals surface area contributed by atoms with E-state index in [4.69, 9.17) is 0 Å². The van der Waals surface area contributed by atoms with Crippen LogP contribution in [0.1, 0.15) is 66.5 Å². The van der Waals surface area contributed by atoms with E-state index in [0.29, 0.717) is 5.92 Å². The van der Waals surface area contributed by atoms with E-state index < -0.39 is 0 Å². The van der Waals surface area contributed by atoms with Gasteiger partial charge in [0.15, 0.2) is 0 Å². The van der Waals surface area contributed by atoms with Crippen molar-refractivity contribution in [3.8, 4) is 11.1 Å². The summed E-state index contributed by atoms with van der Waals surface area (Å²) in [5, 5.41) is 4.10. The van der Waals surface area contributed by atoms with Gasteiger partial charge in [-0.3, -0.25) is 0 Å². The highest BCUT2D eigenvalue weighted by Crippen LogP contribution is 2.71. The van der Waals surface area contributed by atoms with Gasteiger partial charge in [0, 0.05) is 22.7 Å². The maximum absolute atomic E-state index is 4.10. The lowest BCUT2D eigenvalue weighted by molar-refractivity contribution is 0.281. The number of allylic oxidation sites excluding steroid dienone is 7. The summed E-state index contributed by atoms with van der Waals surface area (Å²) in [5.74, 6) is 0.675. The number of fused-ring (bicyclic) bond motifs is 13. The second-order valence-electron chi connectivity index (χ2n) is 13.5. The molecule has 0 aliphatic heterocycles. The summed E-state index contributed by atoms with van der Waals surface area (Å²) in [6.45, 7) is 7.35. The molecule has 0 heterocycles. The van der Waals surface area contributed by atoms with Crippen LogP contribution in [-0.2, 0) is 10.8 Å². The molecule has 42 heavy (non-hydrogen) atoms. The normalized spacial score (nSPS) is 26.2. The first-order chi connectivity index (χ1) is 20.5. The molecule has 4 aromatic carbocycles. The summed E-state index contributed by atoms with van der Waals surface area (Å²) < 4.78 is 0.